The third-order valence-corrected chi connectivity index (χ3v) is 4.66. The van der Waals surface area contributed by atoms with Crippen molar-refractivity contribution in [3.05, 3.63) is 83.7 Å². The smallest absolute Gasteiger partial charge is 0.261 e. The van der Waals surface area contributed by atoms with E-state index in [0.717, 1.165) is 16.8 Å². The average Bonchev–Trinajstić information content (AvgIpc) is 3.06. The summed E-state index contributed by atoms with van der Waals surface area (Å²) in [5, 5.41) is 2.88. The van der Waals surface area contributed by atoms with Crippen LogP contribution in [-0.4, -0.2) is 23.9 Å². The van der Waals surface area contributed by atoms with E-state index < -0.39 is 0 Å². The number of benzene rings is 2. The monoisotopic (exact) mass is 373 g/mol. The Balaban J connectivity index is 1.57. The predicted octanol–water partition coefficient (Wildman–Crippen LogP) is 3.43. The zero-order valence-corrected chi connectivity index (χ0v) is 15.4. The highest BCUT2D eigenvalue weighted by molar-refractivity contribution is 6.15. The summed E-state index contributed by atoms with van der Waals surface area (Å²) in [5.41, 5.74) is 3.52. The summed E-state index contributed by atoms with van der Waals surface area (Å²) in [6.07, 6.45) is 3.52. The number of methoxy groups -OCH3 is 1. The van der Waals surface area contributed by atoms with E-state index in [4.69, 9.17) is 4.74 Å². The minimum Gasteiger partial charge on any atom is -0.497 e. The Kier molecular flexibility index (Phi) is 4.76. The molecule has 2 heterocycles. The normalized spacial score (nSPS) is 12.6. The van der Waals surface area contributed by atoms with E-state index in [1.165, 1.54) is 0 Å². The van der Waals surface area contributed by atoms with Crippen LogP contribution in [0.3, 0.4) is 0 Å². The zero-order valence-electron chi connectivity index (χ0n) is 15.4. The van der Waals surface area contributed by atoms with Gasteiger partial charge in [0.2, 0.25) is 5.91 Å². The average molecular weight is 373 g/mol. The predicted molar refractivity (Wildman–Crippen MR) is 107 cm³/mol. The van der Waals surface area contributed by atoms with Crippen molar-refractivity contribution in [2.45, 2.75) is 13.0 Å². The molecule has 1 aromatic heterocycles. The fourth-order valence-corrected chi connectivity index (χ4v) is 3.34. The molecule has 0 saturated heterocycles. The molecule has 0 bridgehead atoms. The molecule has 0 atom stereocenters. The molecule has 0 saturated carbocycles. The Bertz CT molecular complexity index is 1030. The quantitative estimate of drug-likeness (QED) is 0.744. The van der Waals surface area contributed by atoms with Crippen molar-refractivity contribution in [2.75, 3.05) is 17.3 Å². The lowest BCUT2D eigenvalue weighted by Crippen LogP contribution is -2.24. The molecule has 0 fully saturated rings. The van der Waals surface area contributed by atoms with E-state index in [9.17, 15) is 9.59 Å². The number of carbonyl (C=O) groups is 2. The highest BCUT2D eigenvalue weighted by Crippen LogP contribution is 2.34. The minimum absolute atomic E-state index is 0.138. The van der Waals surface area contributed by atoms with Crippen molar-refractivity contribution in [3.8, 4) is 5.75 Å². The Morgan fingerprint density at radius 3 is 2.82 bits per heavy atom. The summed E-state index contributed by atoms with van der Waals surface area (Å²) in [5.74, 6) is 0.362. The number of hydrogen-bond donors (Lipinski definition) is 1. The van der Waals surface area contributed by atoms with Crippen LogP contribution in [0.5, 0.6) is 5.75 Å². The highest BCUT2D eigenvalue weighted by Gasteiger charge is 2.31. The molecule has 140 valence electrons. The molecule has 2 amide bonds. The van der Waals surface area contributed by atoms with Crippen LogP contribution < -0.4 is 15.0 Å². The first kappa shape index (κ1) is 17.7. The minimum atomic E-state index is -0.186. The maximum Gasteiger partial charge on any atom is 0.261 e. The first-order chi connectivity index (χ1) is 13.7. The van der Waals surface area contributed by atoms with Gasteiger partial charge in [-0.3, -0.25) is 14.6 Å². The second-order valence-electron chi connectivity index (χ2n) is 6.52. The molecule has 4 rings (SSSR count). The number of rotatable bonds is 5. The van der Waals surface area contributed by atoms with Gasteiger partial charge in [-0.25, -0.2) is 0 Å². The number of aromatic nitrogens is 1. The van der Waals surface area contributed by atoms with E-state index >= 15 is 0 Å². The van der Waals surface area contributed by atoms with Crippen LogP contribution in [0.2, 0.25) is 0 Å². The van der Waals surface area contributed by atoms with Crippen LogP contribution in [0, 0.1) is 0 Å². The molecule has 2 aromatic carbocycles. The van der Waals surface area contributed by atoms with Gasteiger partial charge in [0, 0.05) is 24.1 Å². The standard InChI is InChI=1S/C22H19N3O3/c1-28-18-8-3-7-17(12-18)25-14-16-6-2-9-19(21(16)22(25)27)24-20(26)11-15-5-4-10-23-13-15/h2-10,12-13H,11,14H2,1H3,(H,24,26). The van der Waals surface area contributed by atoms with Gasteiger partial charge in [0.15, 0.2) is 0 Å². The summed E-state index contributed by atoms with van der Waals surface area (Å²) in [7, 11) is 1.59. The molecule has 28 heavy (non-hydrogen) atoms. The molecule has 6 heteroatoms. The molecule has 0 aliphatic carbocycles. The number of carbonyl (C=O) groups excluding carboxylic acids is 2. The lowest BCUT2D eigenvalue weighted by molar-refractivity contribution is -0.115. The second-order valence-corrected chi connectivity index (χ2v) is 6.52. The van der Waals surface area contributed by atoms with Crippen molar-refractivity contribution >= 4 is 23.2 Å². The topological polar surface area (TPSA) is 71.5 Å². The maximum absolute atomic E-state index is 13.1. The number of ether oxygens (including phenoxy) is 1. The molecular weight excluding hydrogens is 354 g/mol. The Labute approximate surface area is 162 Å². The largest absolute Gasteiger partial charge is 0.497 e. The van der Waals surface area contributed by atoms with E-state index in [-0.39, 0.29) is 18.2 Å². The van der Waals surface area contributed by atoms with E-state index in [2.05, 4.69) is 10.3 Å². The molecule has 1 aliphatic heterocycles. The molecule has 0 unspecified atom stereocenters. The Morgan fingerprint density at radius 2 is 2.04 bits per heavy atom. The van der Waals surface area contributed by atoms with Crippen LogP contribution >= 0.6 is 0 Å². The number of pyridine rings is 1. The van der Waals surface area contributed by atoms with Gasteiger partial charge in [-0.05, 0) is 35.4 Å². The summed E-state index contributed by atoms with van der Waals surface area (Å²) in [6, 6.07) is 16.5. The van der Waals surface area contributed by atoms with Crippen LogP contribution in [-0.2, 0) is 17.8 Å². The number of fused-ring (bicyclic) bond motifs is 1. The number of anilines is 2. The van der Waals surface area contributed by atoms with Crippen molar-refractivity contribution < 1.29 is 14.3 Å². The summed E-state index contributed by atoms with van der Waals surface area (Å²) in [6.45, 7) is 0.452. The lowest BCUT2D eigenvalue weighted by atomic mass is 10.1. The van der Waals surface area contributed by atoms with Crippen LogP contribution in [0.1, 0.15) is 21.5 Å². The van der Waals surface area contributed by atoms with Gasteiger partial charge in [-0.1, -0.05) is 24.3 Å². The van der Waals surface area contributed by atoms with Crippen molar-refractivity contribution in [1.82, 2.24) is 4.98 Å². The Morgan fingerprint density at radius 1 is 1.18 bits per heavy atom. The van der Waals surface area contributed by atoms with Crippen LogP contribution in [0.15, 0.2) is 67.0 Å². The van der Waals surface area contributed by atoms with Gasteiger partial charge in [0.25, 0.3) is 5.91 Å². The second kappa shape index (κ2) is 7.52. The summed E-state index contributed by atoms with van der Waals surface area (Å²) < 4.78 is 5.26. The van der Waals surface area contributed by atoms with Crippen LogP contribution in [0.25, 0.3) is 0 Å². The van der Waals surface area contributed by atoms with Gasteiger partial charge in [0.1, 0.15) is 5.75 Å². The van der Waals surface area contributed by atoms with E-state index in [0.29, 0.717) is 23.5 Å². The Hall–Kier alpha value is -3.67. The molecule has 3 aromatic rings. The van der Waals surface area contributed by atoms with Gasteiger partial charge in [-0.15, -0.1) is 0 Å². The molecule has 0 radical (unpaired) electrons. The molecule has 6 nitrogen and oxygen atoms in total. The zero-order chi connectivity index (χ0) is 19.5. The summed E-state index contributed by atoms with van der Waals surface area (Å²) in [4.78, 5) is 31.2. The van der Waals surface area contributed by atoms with Crippen molar-refractivity contribution in [3.63, 3.8) is 0 Å². The highest BCUT2D eigenvalue weighted by atomic mass is 16.5. The number of nitrogens with zero attached hydrogens (tertiary/aromatic N) is 2. The van der Waals surface area contributed by atoms with Gasteiger partial charge < -0.3 is 15.0 Å². The lowest BCUT2D eigenvalue weighted by Gasteiger charge is -2.16. The van der Waals surface area contributed by atoms with E-state index in [1.54, 1.807) is 36.5 Å². The van der Waals surface area contributed by atoms with Crippen LogP contribution in [0.4, 0.5) is 11.4 Å². The van der Waals surface area contributed by atoms with Gasteiger partial charge in [0.05, 0.1) is 31.3 Å². The van der Waals surface area contributed by atoms with E-state index in [1.807, 2.05) is 42.5 Å². The summed E-state index contributed by atoms with van der Waals surface area (Å²) >= 11 is 0. The number of nitrogens with one attached hydrogen (secondary N) is 1. The maximum atomic E-state index is 13.1. The number of amides is 2. The van der Waals surface area contributed by atoms with Crippen molar-refractivity contribution in [2.24, 2.45) is 0 Å². The number of hydrogen-bond acceptors (Lipinski definition) is 4. The van der Waals surface area contributed by atoms with Gasteiger partial charge in [-0.2, -0.15) is 0 Å². The first-order valence-corrected chi connectivity index (χ1v) is 8.92. The third-order valence-electron chi connectivity index (χ3n) is 4.66. The molecule has 1 N–H and O–H groups in total. The fraction of sp³-hybridized carbons (Fsp3) is 0.136. The molecular formula is C22H19N3O3. The third kappa shape index (κ3) is 3.44. The fourth-order valence-electron chi connectivity index (χ4n) is 3.34. The van der Waals surface area contributed by atoms with Gasteiger partial charge >= 0.3 is 0 Å². The SMILES string of the molecule is COc1cccc(N2Cc3cccc(NC(=O)Cc4cccnc4)c3C2=O)c1. The molecule has 1 aliphatic rings. The van der Waals surface area contributed by atoms with Crippen molar-refractivity contribution in [1.29, 1.82) is 0 Å². The first-order valence-electron chi connectivity index (χ1n) is 8.92. The molecule has 0 spiro atoms.